The number of rotatable bonds is 3. The molecule has 0 spiro atoms. The lowest BCUT2D eigenvalue weighted by atomic mass is 9.90. The fourth-order valence-electron chi connectivity index (χ4n) is 3.06. The van der Waals surface area contributed by atoms with E-state index in [4.69, 9.17) is 5.14 Å². The molecule has 0 radical (unpaired) electrons. The SMILES string of the molecule is Cc1ccc(NC(=O)c2ccc3c(c2)CCCC3)cc1S(N)(=O)=O. The van der Waals surface area contributed by atoms with Gasteiger partial charge in [-0.2, -0.15) is 0 Å². The molecule has 2 aromatic rings. The second-order valence-electron chi connectivity index (χ2n) is 6.17. The summed E-state index contributed by atoms with van der Waals surface area (Å²) < 4.78 is 23.2. The molecule has 0 saturated carbocycles. The summed E-state index contributed by atoms with van der Waals surface area (Å²) in [5.41, 5.74) is 4.07. The zero-order valence-electron chi connectivity index (χ0n) is 13.5. The second-order valence-corrected chi connectivity index (χ2v) is 7.70. The van der Waals surface area contributed by atoms with Crippen LogP contribution in [0.25, 0.3) is 0 Å². The molecular weight excluding hydrogens is 324 g/mol. The number of benzene rings is 2. The van der Waals surface area contributed by atoms with Gasteiger partial charge in [0.1, 0.15) is 0 Å². The number of fused-ring (bicyclic) bond motifs is 1. The van der Waals surface area contributed by atoms with E-state index in [1.165, 1.54) is 23.6 Å². The van der Waals surface area contributed by atoms with E-state index in [-0.39, 0.29) is 10.8 Å². The Morgan fingerprint density at radius 1 is 1.04 bits per heavy atom. The van der Waals surface area contributed by atoms with E-state index in [2.05, 4.69) is 5.32 Å². The minimum absolute atomic E-state index is 0.0192. The molecule has 1 aliphatic carbocycles. The van der Waals surface area contributed by atoms with Gasteiger partial charge in [0.15, 0.2) is 0 Å². The van der Waals surface area contributed by atoms with Crippen LogP contribution < -0.4 is 10.5 Å². The van der Waals surface area contributed by atoms with Crippen molar-refractivity contribution >= 4 is 21.6 Å². The fourth-order valence-corrected chi connectivity index (χ4v) is 3.87. The quantitative estimate of drug-likeness (QED) is 0.897. The largest absolute Gasteiger partial charge is 0.322 e. The maximum absolute atomic E-state index is 12.5. The van der Waals surface area contributed by atoms with Gasteiger partial charge in [0.25, 0.3) is 5.91 Å². The molecule has 1 aliphatic rings. The van der Waals surface area contributed by atoms with Gasteiger partial charge in [0.05, 0.1) is 4.90 Å². The van der Waals surface area contributed by atoms with Gasteiger partial charge in [0.2, 0.25) is 10.0 Å². The highest BCUT2D eigenvalue weighted by Gasteiger charge is 2.15. The van der Waals surface area contributed by atoms with Crippen LogP contribution in [0.2, 0.25) is 0 Å². The van der Waals surface area contributed by atoms with Gasteiger partial charge < -0.3 is 5.32 Å². The fraction of sp³-hybridized carbons (Fsp3) is 0.278. The first-order chi connectivity index (χ1) is 11.3. The van der Waals surface area contributed by atoms with E-state index >= 15 is 0 Å². The zero-order chi connectivity index (χ0) is 17.3. The van der Waals surface area contributed by atoms with Gasteiger partial charge >= 0.3 is 0 Å². The van der Waals surface area contributed by atoms with E-state index in [9.17, 15) is 13.2 Å². The van der Waals surface area contributed by atoms with Crippen LogP contribution in [-0.2, 0) is 22.9 Å². The molecule has 2 aromatic carbocycles. The van der Waals surface area contributed by atoms with Crippen LogP contribution in [0, 0.1) is 6.92 Å². The van der Waals surface area contributed by atoms with Crippen LogP contribution >= 0.6 is 0 Å². The molecule has 0 heterocycles. The Labute approximate surface area is 141 Å². The number of carbonyl (C=O) groups excluding carboxylic acids is 1. The van der Waals surface area contributed by atoms with Gasteiger partial charge in [-0.15, -0.1) is 0 Å². The number of primary sulfonamides is 1. The summed E-state index contributed by atoms with van der Waals surface area (Å²) in [6.45, 7) is 1.66. The minimum atomic E-state index is -3.82. The van der Waals surface area contributed by atoms with E-state index in [1.807, 2.05) is 18.2 Å². The van der Waals surface area contributed by atoms with Crippen LogP contribution in [0.4, 0.5) is 5.69 Å². The van der Waals surface area contributed by atoms with Gasteiger partial charge in [0, 0.05) is 11.3 Å². The van der Waals surface area contributed by atoms with E-state index in [0.717, 1.165) is 19.3 Å². The topological polar surface area (TPSA) is 89.3 Å². The molecule has 1 amide bonds. The molecular formula is C18H20N2O3S. The number of amides is 1. The van der Waals surface area contributed by atoms with Crippen molar-refractivity contribution in [1.82, 2.24) is 0 Å². The highest BCUT2D eigenvalue weighted by molar-refractivity contribution is 7.89. The molecule has 0 saturated heterocycles. The third-order valence-electron chi connectivity index (χ3n) is 4.36. The second kappa shape index (κ2) is 6.37. The van der Waals surface area contributed by atoms with Crippen molar-refractivity contribution in [1.29, 1.82) is 0 Å². The predicted molar refractivity (Wildman–Crippen MR) is 93.6 cm³/mol. The Morgan fingerprint density at radius 3 is 2.46 bits per heavy atom. The molecule has 3 N–H and O–H groups in total. The number of hydrogen-bond acceptors (Lipinski definition) is 3. The van der Waals surface area contributed by atoms with Crippen LogP contribution in [0.1, 0.15) is 39.9 Å². The molecule has 6 heteroatoms. The third-order valence-corrected chi connectivity index (χ3v) is 5.42. The van der Waals surface area contributed by atoms with Crippen molar-refractivity contribution in [3.8, 4) is 0 Å². The first-order valence-electron chi connectivity index (χ1n) is 7.91. The minimum Gasteiger partial charge on any atom is -0.322 e. The van der Waals surface area contributed by atoms with Crippen LogP contribution in [-0.4, -0.2) is 14.3 Å². The highest BCUT2D eigenvalue weighted by Crippen LogP contribution is 2.23. The van der Waals surface area contributed by atoms with E-state index in [1.54, 1.807) is 19.1 Å². The third kappa shape index (κ3) is 3.49. The van der Waals surface area contributed by atoms with Crippen LogP contribution in [0.3, 0.4) is 0 Å². The summed E-state index contributed by atoms with van der Waals surface area (Å²) in [5, 5.41) is 7.95. The number of nitrogens with one attached hydrogen (secondary N) is 1. The molecule has 0 bridgehead atoms. The molecule has 5 nitrogen and oxygen atoms in total. The van der Waals surface area contributed by atoms with Crippen LogP contribution in [0.5, 0.6) is 0 Å². The lowest BCUT2D eigenvalue weighted by Crippen LogP contribution is -2.16. The summed E-state index contributed by atoms with van der Waals surface area (Å²) in [4.78, 5) is 12.5. The number of carbonyl (C=O) groups is 1. The number of nitrogens with two attached hydrogens (primary N) is 1. The zero-order valence-corrected chi connectivity index (χ0v) is 14.3. The van der Waals surface area contributed by atoms with Crippen molar-refractivity contribution in [3.63, 3.8) is 0 Å². The number of anilines is 1. The lowest BCUT2D eigenvalue weighted by Gasteiger charge is -2.16. The highest BCUT2D eigenvalue weighted by atomic mass is 32.2. The van der Waals surface area contributed by atoms with Crippen molar-refractivity contribution in [2.75, 3.05) is 5.32 Å². The molecule has 24 heavy (non-hydrogen) atoms. The maximum Gasteiger partial charge on any atom is 0.255 e. The maximum atomic E-state index is 12.5. The summed E-state index contributed by atoms with van der Waals surface area (Å²) in [5.74, 6) is -0.257. The van der Waals surface area contributed by atoms with Gasteiger partial charge in [-0.25, -0.2) is 13.6 Å². The Morgan fingerprint density at radius 2 is 1.75 bits per heavy atom. The Hall–Kier alpha value is -2.18. The average Bonchev–Trinajstić information content (AvgIpc) is 2.55. The number of aryl methyl sites for hydroxylation is 3. The standard InChI is InChI=1S/C18H20N2O3S/c1-12-6-9-16(11-17(12)24(19,22)23)20-18(21)15-8-7-13-4-2-3-5-14(13)10-15/h6-11H,2-5H2,1H3,(H,20,21)(H2,19,22,23). The summed E-state index contributed by atoms with van der Waals surface area (Å²) >= 11 is 0. The average molecular weight is 344 g/mol. The number of sulfonamides is 1. The summed E-state index contributed by atoms with van der Waals surface area (Å²) in [6, 6.07) is 10.4. The van der Waals surface area contributed by atoms with E-state index in [0.29, 0.717) is 16.8 Å². The summed E-state index contributed by atoms with van der Waals surface area (Å²) in [7, 11) is -3.82. The van der Waals surface area contributed by atoms with Crippen molar-refractivity contribution in [2.24, 2.45) is 5.14 Å². The molecule has 0 unspecified atom stereocenters. The van der Waals surface area contributed by atoms with Crippen LogP contribution in [0.15, 0.2) is 41.3 Å². The molecule has 0 aromatic heterocycles. The van der Waals surface area contributed by atoms with E-state index < -0.39 is 10.0 Å². The van der Waals surface area contributed by atoms with Crippen molar-refractivity contribution < 1.29 is 13.2 Å². The normalized spacial score (nSPS) is 14.1. The number of hydrogen-bond donors (Lipinski definition) is 2. The monoisotopic (exact) mass is 344 g/mol. The Bertz CT molecular complexity index is 904. The lowest BCUT2D eigenvalue weighted by molar-refractivity contribution is 0.102. The first kappa shape index (κ1) is 16.7. The predicted octanol–water partition coefficient (Wildman–Crippen LogP) is 2.77. The van der Waals surface area contributed by atoms with Gasteiger partial charge in [-0.3, -0.25) is 4.79 Å². The molecule has 0 fully saturated rings. The molecule has 3 rings (SSSR count). The van der Waals surface area contributed by atoms with Crippen molar-refractivity contribution in [3.05, 3.63) is 58.7 Å². The molecule has 0 aliphatic heterocycles. The molecule has 126 valence electrons. The first-order valence-corrected chi connectivity index (χ1v) is 9.46. The smallest absolute Gasteiger partial charge is 0.255 e. The molecule has 0 atom stereocenters. The summed E-state index contributed by atoms with van der Waals surface area (Å²) in [6.07, 6.45) is 4.40. The van der Waals surface area contributed by atoms with Crippen molar-refractivity contribution in [2.45, 2.75) is 37.5 Å². The van der Waals surface area contributed by atoms with Gasteiger partial charge in [-0.05, 0) is 73.6 Å². The van der Waals surface area contributed by atoms with Gasteiger partial charge in [-0.1, -0.05) is 12.1 Å². The Kier molecular flexibility index (Phi) is 4.43. The Balaban J connectivity index is 1.85.